The van der Waals surface area contributed by atoms with E-state index >= 15 is 0 Å². The summed E-state index contributed by atoms with van der Waals surface area (Å²) >= 11 is 5.56. The van der Waals surface area contributed by atoms with Crippen molar-refractivity contribution >= 4 is 26.8 Å². The molecule has 0 aliphatic heterocycles. The van der Waals surface area contributed by atoms with E-state index in [1.54, 1.807) is 0 Å². The molecule has 0 heterocycles. The maximum absolute atomic E-state index is 11.2. The monoisotopic (exact) mass is 439 g/mol. The van der Waals surface area contributed by atoms with Crippen LogP contribution in [0.5, 0.6) is 5.75 Å². The Labute approximate surface area is 141 Å². The van der Waals surface area contributed by atoms with Gasteiger partial charge in [0.05, 0.1) is 5.02 Å². The molecule has 0 aromatic heterocycles. The van der Waals surface area contributed by atoms with Crippen LogP contribution in [0.2, 0.25) is 5.02 Å². The van der Waals surface area contributed by atoms with Crippen molar-refractivity contribution in [3.63, 3.8) is 0 Å². The van der Waals surface area contributed by atoms with E-state index in [0.717, 1.165) is 6.07 Å². The van der Waals surface area contributed by atoms with E-state index in [9.17, 15) is 23.8 Å². The van der Waals surface area contributed by atoms with Gasteiger partial charge in [0.15, 0.2) is 5.59 Å². The molecule has 11 heteroatoms. The van der Waals surface area contributed by atoms with Crippen molar-refractivity contribution in [2.24, 2.45) is 0 Å². The van der Waals surface area contributed by atoms with Crippen molar-refractivity contribution in [2.75, 3.05) is 0 Å². The van der Waals surface area contributed by atoms with Gasteiger partial charge < -0.3 is 28.9 Å². The van der Waals surface area contributed by atoms with Gasteiger partial charge in [0, 0.05) is 0 Å². The summed E-state index contributed by atoms with van der Waals surface area (Å²) in [6, 6.07) is 5.28. The Hall–Kier alpha value is 0.987. The van der Waals surface area contributed by atoms with Crippen LogP contribution < -0.4 is 19.2 Å². The summed E-state index contributed by atoms with van der Waals surface area (Å²) < 4.78 is 25.9. The number of hydrogen-bond acceptors (Lipinski definition) is 7. The first-order valence-corrected chi connectivity index (χ1v) is 7.69. The van der Waals surface area contributed by atoms with Crippen LogP contribution in [-0.2, 0) is 9.13 Å². The fraction of sp³-hybridized carbons (Fsp3) is 0.143. The van der Waals surface area contributed by atoms with Crippen molar-refractivity contribution in [3.8, 4) is 5.75 Å². The molecule has 2 atom stereocenters. The topological polar surface area (TPSA) is 133 Å². The zero-order valence-corrected chi connectivity index (χ0v) is 14.2. The molecule has 97 valence electrons. The van der Waals surface area contributed by atoms with Gasteiger partial charge in [-0.3, -0.25) is 4.57 Å². The van der Waals surface area contributed by atoms with Gasteiger partial charge in [-0.05, 0) is 19.7 Å². The molecule has 7 nitrogen and oxygen atoms in total. The van der Waals surface area contributed by atoms with E-state index < -0.39 is 20.8 Å². The summed E-state index contributed by atoms with van der Waals surface area (Å²) in [5.74, 6) is -0.375. The van der Waals surface area contributed by atoms with Crippen molar-refractivity contribution in [1.82, 2.24) is 0 Å². The van der Waals surface area contributed by atoms with Crippen molar-refractivity contribution in [1.29, 1.82) is 0 Å². The van der Waals surface area contributed by atoms with Crippen LogP contribution in [0.3, 0.4) is 0 Å². The van der Waals surface area contributed by atoms with Crippen LogP contribution in [0.15, 0.2) is 24.3 Å². The second-order valence-electron chi connectivity index (χ2n) is 2.95. The molecule has 1 N–H and O–H groups in total. The summed E-state index contributed by atoms with van der Waals surface area (Å²) in [5, 5.41) is 8.72. The third kappa shape index (κ3) is 5.17. The van der Waals surface area contributed by atoms with E-state index in [1.165, 1.54) is 18.2 Å². The van der Waals surface area contributed by atoms with Gasteiger partial charge in [-0.1, -0.05) is 23.7 Å². The minimum Gasteiger partial charge on any atom is -0.809 e. The minimum atomic E-state index is -5.72. The number of aliphatic hydroxyl groups excluding tert-OH is 1. The fourth-order valence-corrected chi connectivity index (χ4v) is 3.16. The van der Waals surface area contributed by atoms with Gasteiger partial charge in [-0.25, -0.2) is 0 Å². The Morgan fingerprint density at radius 3 is 2.17 bits per heavy atom. The zero-order chi connectivity index (χ0) is 13.3. The summed E-state index contributed by atoms with van der Waals surface area (Å²) in [4.78, 5) is 32.0. The standard InChI is InChI=1S/C7H9ClO7P2.Ce/c8-5-3-1-2-4-6(5)15-17(13,14)7(9)16(10,11)12;/h1-4,7,9H,(H,13,14)(H2,10,11,12);/q;+3/p-3. The maximum Gasteiger partial charge on any atom is 3.00 e. The normalized spacial score (nSPS) is 16.3. The number of rotatable bonds is 4. The Morgan fingerprint density at radius 1 is 1.22 bits per heavy atom. The number of hydrogen-bond donors (Lipinski definition) is 1. The predicted molar refractivity (Wildman–Crippen MR) is 53.3 cm³/mol. The fourth-order valence-electron chi connectivity index (χ4n) is 0.876. The van der Waals surface area contributed by atoms with Gasteiger partial charge in [0.25, 0.3) is 0 Å². The molecule has 1 radical (unpaired) electrons. The molecular weight excluding hydrogens is 434 g/mol. The molecule has 1 aromatic rings. The van der Waals surface area contributed by atoms with Crippen LogP contribution in [0.25, 0.3) is 0 Å². The summed E-state index contributed by atoms with van der Waals surface area (Å²) in [5.41, 5.74) is -3.15. The Morgan fingerprint density at radius 2 is 1.72 bits per heavy atom. The van der Waals surface area contributed by atoms with Crippen molar-refractivity contribution in [2.45, 2.75) is 5.59 Å². The summed E-state index contributed by atoms with van der Waals surface area (Å²) in [7, 11) is -11.0. The molecule has 18 heavy (non-hydrogen) atoms. The molecule has 0 aliphatic carbocycles. The first-order valence-electron chi connectivity index (χ1n) is 4.09. The maximum atomic E-state index is 11.2. The second-order valence-corrected chi connectivity index (χ2v) is 7.08. The molecule has 0 fully saturated rings. The molecule has 0 saturated heterocycles. The predicted octanol–water partition coefficient (Wildman–Crippen LogP) is -0.538. The van der Waals surface area contributed by atoms with E-state index in [4.69, 9.17) is 16.7 Å². The molecule has 0 saturated carbocycles. The van der Waals surface area contributed by atoms with Gasteiger partial charge >= 0.3 is 41.7 Å². The summed E-state index contributed by atoms with van der Waals surface area (Å²) in [6.07, 6.45) is 0. The van der Waals surface area contributed by atoms with Crippen LogP contribution in [0, 0.1) is 41.7 Å². The zero-order valence-electron chi connectivity index (χ0n) is 8.56. The minimum absolute atomic E-state index is 0. The third-order valence-corrected chi connectivity index (χ3v) is 5.22. The largest absolute Gasteiger partial charge is 3.00 e. The smallest absolute Gasteiger partial charge is 0.809 e. The van der Waals surface area contributed by atoms with Crippen LogP contribution >= 0.6 is 26.8 Å². The quantitative estimate of drug-likeness (QED) is 0.623. The van der Waals surface area contributed by atoms with Gasteiger partial charge in [-0.2, -0.15) is 0 Å². The van der Waals surface area contributed by atoms with Gasteiger partial charge in [-0.15, -0.1) is 0 Å². The molecule has 0 bridgehead atoms. The van der Waals surface area contributed by atoms with E-state index in [0.29, 0.717) is 0 Å². The molecule has 2 unspecified atom stereocenters. The Kier molecular flexibility index (Phi) is 7.52. The molecule has 0 spiro atoms. The third-order valence-electron chi connectivity index (χ3n) is 1.63. The van der Waals surface area contributed by atoms with E-state index in [2.05, 4.69) is 4.52 Å². The Bertz CT molecular complexity index is 504. The number of para-hydroxylation sites is 1. The van der Waals surface area contributed by atoms with Crippen LogP contribution in [0.4, 0.5) is 0 Å². The van der Waals surface area contributed by atoms with Gasteiger partial charge in [0.2, 0.25) is 7.60 Å². The number of benzene rings is 1. The molecule has 0 amide bonds. The molecular formula is C7H6CeClO7P2. The SMILES string of the molecule is O=P([O-])([O-])C(O)P(=O)([O-])Oc1ccccc1Cl.[Ce+3]. The molecule has 0 aliphatic rings. The average molecular weight is 440 g/mol. The number of aliphatic hydroxyl groups is 1. The van der Waals surface area contributed by atoms with Crippen LogP contribution in [-0.4, -0.2) is 10.7 Å². The number of halogens is 1. The molecule has 1 aromatic carbocycles. The van der Waals surface area contributed by atoms with E-state index in [1.807, 2.05) is 0 Å². The first-order chi connectivity index (χ1) is 7.64. The van der Waals surface area contributed by atoms with Crippen molar-refractivity contribution in [3.05, 3.63) is 29.3 Å². The van der Waals surface area contributed by atoms with Crippen LogP contribution in [0.1, 0.15) is 0 Å². The second kappa shape index (κ2) is 7.13. The average Bonchev–Trinajstić information content (AvgIpc) is 2.19. The van der Waals surface area contributed by atoms with Crippen molar-refractivity contribution < 1.29 is 75.2 Å². The molecule has 1 rings (SSSR count). The van der Waals surface area contributed by atoms with E-state index in [-0.39, 0.29) is 52.5 Å². The van der Waals surface area contributed by atoms with Gasteiger partial charge in [0.1, 0.15) is 5.75 Å². The summed E-state index contributed by atoms with van der Waals surface area (Å²) in [6.45, 7) is 0. The first kappa shape index (κ1) is 19.0. The Balaban J connectivity index is 0.00000289.